The molecule has 1 aliphatic rings. The highest BCUT2D eigenvalue weighted by Crippen LogP contribution is 2.28. The van der Waals surface area contributed by atoms with E-state index >= 15 is 0 Å². The standard InChI is InChI=1S/C11H14ClFN2O/c12-8-4-9(13)11(14-5-8)15-10-3-1-2-7(10)6-16/h4-5,7,10,16H,1-3,6H2,(H,14,15). The highest BCUT2D eigenvalue weighted by Gasteiger charge is 2.27. The van der Waals surface area contributed by atoms with Crippen LogP contribution in [0.5, 0.6) is 0 Å². The molecule has 1 aromatic heterocycles. The van der Waals surface area contributed by atoms with Gasteiger partial charge in [-0.15, -0.1) is 0 Å². The van der Waals surface area contributed by atoms with Crippen molar-refractivity contribution in [3.8, 4) is 0 Å². The van der Waals surface area contributed by atoms with Crippen LogP contribution in [0.4, 0.5) is 10.2 Å². The third-order valence-corrected chi connectivity index (χ3v) is 3.23. The lowest BCUT2D eigenvalue weighted by molar-refractivity contribution is 0.222. The van der Waals surface area contributed by atoms with Crippen molar-refractivity contribution in [2.24, 2.45) is 5.92 Å². The summed E-state index contributed by atoms with van der Waals surface area (Å²) in [5.41, 5.74) is 0. The van der Waals surface area contributed by atoms with E-state index in [0.717, 1.165) is 19.3 Å². The van der Waals surface area contributed by atoms with E-state index < -0.39 is 5.82 Å². The summed E-state index contributed by atoms with van der Waals surface area (Å²) in [7, 11) is 0. The first-order valence-electron chi connectivity index (χ1n) is 5.39. The van der Waals surface area contributed by atoms with Gasteiger partial charge < -0.3 is 10.4 Å². The zero-order chi connectivity index (χ0) is 11.5. The van der Waals surface area contributed by atoms with E-state index in [0.29, 0.717) is 0 Å². The maximum atomic E-state index is 13.5. The van der Waals surface area contributed by atoms with Gasteiger partial charge in [-0.05, 0) is 18.9 Å². The first-order chi connectivity index (χ1) is 7.70. The molecule has 0 radical (unpaired) electrons. The van der Waals surface area contributed by atoms with E-state index in [-0.39, 0.29) is 29.4 Å². The van der Waals surface area contributed by atoms with Crippen molar-refractivity contribution in [3.05, 3.63) is 23.1 Å². The first-order valence-corrected chi connectivity index (χ1v) is 5.77. The van der Waals surface area contributed by atoms with Gasteiger partial charge in [0.15, 0.2) is 11.6 Å². The summed E-state index contributed by atoms with van der Waals surface area (Å²) in [6.07, 6.45) is 4.38. The van der Waals surface area contributed by atoms with Gasteiger partial charge in [0.2, 0.25) is 0 Å². The minimum Gasteiger partial charge on any atom is -0.396 e. The van der Waals surface area contributed by atoms with E-state index in [9.17, 15) is 4.39 Å². The molecule has 1 aliphatic carbocycles. The second kappa shape index (κ2) is 4.97. The fourth-order valence-corrected chi connectivity index (χ4v) is 2.29. The Bertz CT molecular complexity index is 375. The Morgan fingerprint density at radius 1 is 1.56 bits per heavy atom. The van der Waals surface area contributed by atoms with E-state index in [1.165, 1.54) is 12.3 Å². The van der Waals surface area contributed by atoms with Crippen LogP contribution in [-0.2, 0) is 0 Å². The molecule has 0 aliphatic heterocycles. The summed E-state index contributed by atoms with van der Waals surface area (Å²) >= 11 is 5.62. The third kappa shape index (κ3) is 2.44. The summed E-state index contributed by atoms with van der Waals surface area (Å²) in [5, 5.41) is 12.5. The quantitative estimate of drug-likeness (QED) is 0.859. The Kier molecular flexibility index (Phi) is 3.61. The number of nitrogens with one attached hydrogen (secondary N) is 1. The van der Waals surface area contributed by atoms with E-state index in [1.807, 2.05) is 0 Å². The van der Waals surface area contributed by atoms with Crippen LogP contribution in [0, 0.1) is 11.7 Å². The van der Waals surface area contributed by atoms with Crippen molar-refractivity contribution in [2.75, 3.05) is 11.9 Å². The fraction of sp³-hybridized carbons (Fsp3) is 0.545. The van der Waals surface area contributed by atoms with Crippen LogP contribution in [0.15, 0.2) is 12.3 Å². The fourth-order valence-electron chi connectivity index (χ4n) is 2.14. The summed E-state index contributed by atoms with van der Waals surface area (Å²) < 4.78 is 13.5. The highest BCUT2D eigenvalue weighted by molar-refractivity contribution is 6.30. The molecule has 1 saturated carbocycles. The van der Waals surface area contributed by atoms with Crippen LogP contribution in [-0.4, -0.2) is 22.7 Å². The number of aliphatic hydroxyl groups is 1. The lowest BCUT2D eigenvalue weighted by Gasteiger charge is -2.19. The lowest BCUT2D eigenvalue weighted by atomic mass is 10.1. The summed E-state index contributed by atoms with van der Waals surface area (Å²) in [6, 6.07) is 1.34. The van der Waals surface area contributed by atoms with E-state index in [2.05, 4.69) is 10.3 Å². The molecule has 2 unspecified atom stereocenters. The molecule has 3 nitrogen and oxygen atoms in total. The van der Waals surface area contributed by atoms with Crippen molar-refractivity contribution in [1.82, 2.24) is 4.98 Å². The van der Waals surface area contributed by atoms with Gasteiger partial charge >= 0.3 is 0 Å². The van der Waals surface area contributed by atoms with Gasteiger partial charge in [-0.3, -0.25) is 0 Å². The van der Waals surface area contributed by atoms with Gasteiger partial charge in [0.25, 0.3) is 0 Å². The van der Waals surface area contributed by atoms with Crippen LogP contribution >= 0.6 is 11.6 Å². The number of rotatable bonds is 3. The van der Waals surface area contributed by atoms with Crippen molar-refractivity contribution < 1.29 is 9.50 Å². The molecule has 2 rings (SSSR count). The monoisotopic (exact) mass is 244 g/mol. The number of nitrogens with zero attached hydrogens (tertiary/aromatic N) is 1. The van der Waals surface area contributed by atoms with Gasteiger partial charge in [0.05, 0.1) is 5.02 Å². The zero-order valence-electron chi connectivity index (χ0n) is 8.79. The SMILES string of the molecule is OCC1CCCC1Nc1ncc(Cl)cc1F. The number of hydrogen-bond acceptors (Lipinski definition) is 3. The number of aromatic nitrogens is 1. The predicted octanol–water partition coefficient (Wildman–Crippen LogP) is 2.45. The molecule has 0 spiro atoms. The van der Waals surface area contributed by atoms with Crippen LogP contribution in [0.2, 0.25) is 5.02 Å². The molecule has 0 amide bonds. The largest absolute Gasteiger partial charge is 0.396 e. The van der Waals surface area contributed by atoms with Gasteiger partial charge in [-0.1, -0.05) is 18.0 Å². The topological polar surface area (TPSA) is 45.1 Å². The molecule has 0 bridgehead atoms. The molecule has 1 aromatic rings. The molecule has 5 heteroatoms. The number of hydrogen-bond donors (Lipinski definition) is 2. The second-order valence-corrected chi connectivity index (χ2v) is 4.54. The van der Waals surface area contributed by atoms with E-state index in [4.69, 9.17) is 16.7 Å². The Balaban J connectivity index is 2.08. The van der Waals surface area contributed by atoms with Gasteiger partial charge in [0.1, 0.15) is 0 Å². The Morgan fingerprint density at radius 3 is 3.06 bits per heavy atom. The summed E-state index contributed by atoms with van der Waals surface area (Å²) in [4.78, 5) is 3.91. The van der Waals surface area contributed by atoms with Gasteiger partial charge in [-0.25, -0.2) is 9.37 Å². The number of halogens is 2. The average molecular weight is 245 g/mol. The number of anilines is 1. The predicted molar refractivity (Wildman–Crippen MR) is 61.0 cm³/mol. The van der Waals surface area contributed by atoms with Crippen LogP contribution < -0.4 is 5.32 Å². The molecule has 0 saturated heterocycles. The Labute approximate surface area is 98.6 Å². The first kappa shape index (κ1) is 11.6. The normalized spacial score (nSPS) is 24.7. The molecule has 2 atom stereocenters. The Morgan fingerprint density at radius 2 is 2.38 bits per heavy atom. The maximum Gasteiger partial charge on any atom is 0.166 e. The minimum atomic E-state index is -0.448. The molecule has 2 N–H and O–H groups in total. The average Bonchev–Trinajstić information content (AvgIpc) is 2.69. The number of pyridine rings is 1. The molecule has 1 heterocycles. The molecule has 1 fully saturated rings. The van der Waals surface area contributed by atoms with Crippen LogP contribution in [0.1, 0.15) is 19.3 Å². The van der Waals surface area contributed by atoms with Crippen molar-refractivity contribution in [1.29, 1.82) is 0 Å². The highest BCUT2D eigenvalue weighted by atomic mass is 35.5. The van der Waals surface area contributed by atoms with Crippen molar-refractivity contribution in [2.45, 2.75) is 25.3 Å². The maximum absolute atomic E-state index is 13.5. The molecular weight excluding hydrogens is 231 g/mol. The molecule has 0 aromatic carbocycles. The smallest absolute Gasteiger partial charge is 0.166 e. The van der Waals surface area contributed by atoms with Crippen molar-refractivity contribution in [3.63, 3.8) is 0 Å². The minimum absolute atomic E-state index is 0.105. The van der Waals surface area contributed by atoms with E-state index in [1.54, 1.807) is 0 Å². The molecular formula is C11H14ClFN2O. The summed E-state index contributed by atoms with van der Waals surface area (Å²) in [5.74, 6) is -0.0392. The van der Waals surface area contributed by atoms with Crippen LogP contribution in [0.25, 0.3) is 0 Å². The molecule has 88 valence electrons. The van der Waals surface area contributed by atoms with Gasteiger partial charge in [0, 0.05) is 24.8 Å². The Hall–Kier alpha value is -0.870. The lowest BCUT2D eigenvalue weighted by Crippen LogP contribution is -2.27. The third-order valence-electron chi connectivity index (χ3n) is 3.02. The second-order valence-electron chi connectivity index (χ2n) is 4.11. The zero-order valence-corrected chi connectivity index (χ0v) is 9.54. The molecule has 16 heavy (non-hydrogen) atoms. The van der Waals surface area contributed by atoms with Gasteiger partial charge in [-0.2, -0.15) is 0 Å². The number of aliphatic hydroxyl groups excluding tert-OH is 1. The van der Waals surface area contributed by atoms with Crippen LogP contribution in [0.3, 0.4) is 0 Å². The van der Waals surface area contributed by atoms with Crippen molar-refractivity contribution >= 4 is 17.4 Å². The summed E-state index contributed by atoms with van der Waals surface area (Å²) in [6.45, 7) is 0.132.